The molecule has 1 aliphatic rings. The Morgan fingerprint density at radius 3 is 2.74 bits per heavy atom. The van der Waals surface area contributed by atoms with Gasteiger partial charge < -0.3 is 5.73 Å². The molecule has 104 valence electrons. The highest BCUT2D eigenvalue weighted by atomic mass is 79.9. The number of hydrogen-bond donors (Lipinski definition) is 1. The van der Waals surface area contributed by atoms with Gasteiger partial charge in [-0.2, -0.15) is 0 Å². The largest absolute Gasteiger partial charge is 0.327 e. The van der Waals surface area contributed by atoms with Crippen molar-refractivity contribution in [2.45, 2.75) is 44.6 Å². The van der Waals surface area contributed by atoms with Crippen LogP contribution in [0.2, 0.25) is 0 Å². The van der Waals surface area contributed by atoms with Crippen LogP contribution in [0, 0.1) is 16.0 Å². The van der Waals surface area contributed by atoms with Crippen LogP contribution in [0.5, 0.6) is 0 Å². The Morgan fingerprint density at radius 1 is 1.42 bits per heavy atom. The third kappa shape index (κ3) is 3.54. The molecule has 0 amide bonds. The van der Waals surface area contributed by atoms with Crippen molar-refractivity contribution >= 4 is 21.6 Å². The number of nitro groups is 1. The molecule has 0 saturated heterocycles. The van der Waals surface area contributed by atoms with Crippen LogP contribution in [0.15, 0.2) is 22.7 Å². The van der Waals surface area contributed by atoms with Gasteiger partial charge in [-0.05, 0) is 53.1 Å². The number of halogens is 1. The van der Waals surface area contributed by atoms with E-state index in [-0.39, 0.29) is 16.7 Å². The average Bonchev–Trinajstić information content (AvgIpc) is 2.90. The molecule has 1 aromatic rings. The van der Waals surface area contributed by atoms with E-state index in [1.54, 1.807) is 6.07 Å². The van der Waals surface area contributed by atoms with Crippen molar-refractivity contribution in [1.29, 1.82) is 0 Å². The van der Waals surface area contributed by atoms with Gasteiger partial charge in [-0.3, -0.25) is 10.1 Å². The predicted molar refractivity (Wildman–Crippen MR) is 79.1 cm³/mol. The van der Waals surface area contributed by atoms with Crippen LogP contribution in [0.1, 0.15) is 37.7 Å². The minimum absolute atomic E-state index is 0.131. The molecule has 1 unspecified atom stereocenters. The smallest absolute Gasteiger partial charge is 0.283 e. The molecule has 0 radical (unpaired) electrons. The van der Waals surface area contributed by atoms with Gasteiger partial charge in [-0.25, -0.2) is 0 Å². The SMILES string of the molecule is NC(CCc1cccc([N+](=O)[O-])c1Br)C1CCCC1. The minimum Gasteiger partial charge on any atom is -0.327 e. The topological polar surface area (TPSA) is 69.2 Å². The van der Waals surface area contributed by atoms with Gasteiger partial charge in [0.25, 0.3) is 5.69 Å². The van der Waals surface area contributed by atoms with Crippen LogP contribution in [0.4, 0.5) is 5.69 Å². The average molecular weight is 327 g/mol. The highest BCUT2D eigenvalue weighted by Crippen LogP contribution is 2.31. The summed E-state index contributed by atoms with van der Waals surface area (Å²) in [7, 11) is 0. The molecule has 5 heteroatoms. The van der Waals surface area contributed by atoms with Crippen molar-refractivity contribution in [3.63, 3.8) is 0 Å². The van der Waals surface area contributed by atoms with Crippen LogP contribution in [0.25, 0.3) is 0 Å². The minimum atomic E-state index is -0.357. The highest BCUT2D eigenvalue weighted by Gasteiger charge is 2.22. The summed E-state index contributed by atoms with van der Waals surface area (Å²) in [4.78, 5) is 10.5. The Kier molecular flexibility index (Phi) is 4.93. The molecule has 0 aliphatic heterocycles. The van der Waals surface area contributed by atoms with Gasteiger partial charge in [0, 0.05) is 12.1 Å². The summed E-state index contributed by atoms with van der Waals surface area (Å²) < 4.78 is 0.596. The second-order valence-electron chi connectivity index (χ2n) is 5.25. The van der Waals surface area contributed by atoms with Gasteiger partial charge >= 0.3 is 0 Å². The Balaban J connectivity index is 1.99. The molecule has 0 heterocycles. The van der Waals surface area contributed by atoms with E-state index in [4.69, 9.17) is 5.73 Å². The number of rotatable bonds is 5. The van der Waals surface area contributed by atoms with Crippen molar-refractivity contribution in [2.75, 3.05) is 0 Å². The second kappa shape index (κ2) is 6.48. The zero-order valence-electron chi connectivity index (χ0n) is 10.8. The second-order valence-corrected chi connectivity index (χ2v) is 6.05. The number of nitro benzene ring substituents is 1. The van der Waals surface area contributed by atoms with Crippen molar-refractivity contribution < 1.29 is 4.92 Å². The summed E-state index contributed by atoms with van der Waals surface area (Å²) in [5.74, 6) is 0.637. The maximum Gasteiger partial charge on any atom is 0.283 e. The number of nitrogens with zero attached hydrogens (tertiary/aromatic N) is 1. The van der Waals surface area contributed by atoms with Gasteiger partial charge in [-0.1, -0.05) is 25.0 Å². The number of aryl methyl sites for hydroxylation is 1. The predicted octanol–water partition coefficient (Wildman–Crippen LogP) is 3.81. The Labute approximate surface area is 121 Å². The summed E-state index contributed by atoms with van der Waals surface area (Å²) in [6.07, 6.45) is 6.73. The van der Waals surface area contributed by atoms with Crippen LogP contribution >= 0.6 is 15.9 Å². The maximum absolute atomic E-state index is 10.9. The lowest BCUT2D eigenvalue weighted by Crippen LogP contribution is -2.28. The van der Waals surface area contributed by atoms with Gasteiger partial charge in [0.2, 0.25) is 0 Å². The highest BCUT2D eigenvalue weighted by molar-refractivity contribution is 9.10. The first-order valence-electron chi connectivity index (χ1n) is 6.77. The third-order valence-corrected chi connectivity index (χ3v) is 4.92. The van der Waals surface area contributed by atoms with Gasteiger partial charge in [-0.15, -0.1) is 0 Å². The van der Waals surface area contributed by atoms with E-state index >= 15 is 0 Å². The van der Waals surface area contributed by atoms with Gasteiger partial charge in [0.15, 0.2) is 0 Å². The molecule has 1 aliphatic carbocycles. The zero-order valence-corrected chi connectivity index (χ0v) is 12.4. The number of nitrogens with two attached hydrogens (primary N) is 1. The summed E-state index contributed by atoms with van der Waals surface area (Å²) in [5.41, 5.74) is 7.33. The first kappa shape index (κ1) is 14.5. The van der Waals surface area contributed by atoms with E-state index in [1.807, 2.05) is 6.07 Å². The first-order chi connectivity index (χ1) is 9.09. The lowest BCUT2D eigenvalue weighted by atomic mass is 9.93. The molecule has 2 N–H and O–H groups in total. The van der Waals surface area contributed by atoms with Crippen LogP contribution in [-0.2, 0) is 6.42 Å². The summed E-state index contributed by atoms with van der Waals surface area (Å²) in [5, 5.41) is 10.9. The van der Waals surface area contributed by atoms with Gasteiger partial charge in [0.05, 0.1) is 9.40 Å². The summed E-state index contributed by atoms with van der Waals surface area (Å²) in [6.45, 7) is 0. The molecule has 0 bridgehead atoms. The zero-order chi connectivity index (χ0) is 13.8. The molecule has 1 aromatic carbocycles. The lowest BCUT2D eigenvalue weighted by molar-refractivity contribution is -0.385. The molecular weight excluding hydrogens is 308 g/mol. The molecule has 19 heavy (non-hydrogen) atoms. The number of benzene rings is 1. The molecule has 1 atom stereocenters. The van der Waals surface area contributed by atoms with Crippen LogP contribution in [0.3, 0.4) is 0 Å². The maximum atomic E-state index is 10.9. The van der Waals surface area contributed by atoms with Crippen molar-refractivity contribution in [3.8, 4) is 0 Å². The van der Waals surface area contributed by atoms with Crippen molar-refractivity contribution in [2.24, 2.45) is 11.7 Å². The van der Waals surface area contributed by atoms with E-state index in [2.05, 4.69) is 15.9 Å². The van der Waals surface area contributed by atoms with E-state index in [1.165, 1.54) is 31.7 Å². The standard InChI is InChI=1S/C14H19BrN2O2/c15-14-11(6-3-7-13(14)17(18)19)8-9-12(16)10-4-1-2-5-10/h3,6-7,10,12H,1-2,4-5,8-9,16H2. The van der Waals surface area contributed by atoms with E-state index in [0.29, 0.717) is 10.4 Å². The molecule has 1 fully saturated rings. The molecule has 2 rings (SSSR count). The first-order valence-corrected chi connectivity index (χ1v) is 7.56. The monoisotopic (exact) mass is 326 g/mol. The summed E-state index contributed by atoms with van der Waals surface area (Å²) >= 11 is 3.33. The Hall–Kier alpha value is -0.940. The fraction of sp³-hybridized carbons (Fsp3) is 0.571. The number of hydrogen-bond acceptors (Lipinski definition) is 3. The molecule has 0 spiro atoms. The van der Waals surface area contributed by atoms with E-state index < -0.39 is 0 Å². The van der Waals surface area contributed by atoms with Gasteiger partial charge in [0.1, 0.15) is 0 Å². The molecule has 4 nitrogen and oxygen atoms in total. The van der Waals surface area contributed by atoms with Crippen LogP contribution in [-0.4, -0.2) is 11.0 Å². The fourth-order valence-corrected chi connectivity index (χ4v) is 3.45. The normalized spacial score (nSPS) is 17.6. The van der Waals surface area contributed by atoms with E-state index in [0.717, 1.165) is 18.4 Å². The molecular formula is C14H19BrN2O2. The molecule has 0 aromatic heterocycles. The Morgan fingerprint density at radius 2 is 2.11 bits per heavy atom. The fourth-order valence-electron chi connectivity index (χ4n) is 2.84. The Bertz CT molecular complexity index is 459. The summed E-state index contributed by atoms with van der Waals surface area (Å²) in [6, 6.07) is 5.40. The lowest BCUT2D eigenvalue weighted by Gasteiger charge is -2.18. The molecule has 1 saturated carbocycles. The van der Waals surface area contributed by atoms with Crippen LogP contribution < -0.4 is 5.73 Å². The van der Waals surface area contributed by atoms with E-state index in [9.17, 15) is 10.1 Å². The third-order valence-electron chi connectivity index (χ3n) is 4.01. The van der Waals surface area contributed by atoms with Crippen molar-refractivity contribution in [1.82, 2.24) is 0 Å². The quantitative estimate of drug-likeness (QED) is 0.660. The van der Waals surface area contributed by atoms with Crippen molar-refractivity contribution in [3.05, 3.63) is 38.3 Å².